The number of fused-ring (bicyclic) bond motifs is 1. The molecule has 0 saturated heterocycles. The quantitative estimate of drug-likeness (QED) is 0.724. The van der Waals surface area contributed by atoms with Gasteiger partial charge < -0.3 is 10.3 Å². The first-order chi connectivity index (χ1) is 9.54. The summed E-state index contributed by atoms with van der Waals surface area (Å²) in [6.07, 6.45) is 1.79. The predicted molar refractivity (Wildman–Crippen MR) is 79.1 cm³/mol. The summed E-state index contributed by atoms with van der Waals surface area (Å²) in [6.45, 7) is 4.25. The van der Waals surface area contributed by atoms with Gasteiger partial charge in [-0.2, -0.15) is 0 Å². The van der Waals surface area contributed by atoms with E-state index in [1.807, 2.05) is 34.9 Å². The first-order valence-electron chi connectivity index (χ1n) is 6.50. The zero-order valence-corrected chi connectivity index (χ0v) is 11.5. The number of benzene rings is 2. The molecule has 0 bridgehead atoms. The van der Waals surface area contributed by atoms with Crippen molar-refractivity contribution < 1.29 is 4.39 Å². The maximum Gasteiger partial charge on any atom is 0.129 e. The van der Waals surface area contributed by atoms with Gasteiger partial charge in [0.1, 0.15) is 5.82 Å². The third-order valence-electron chi connectivity index (χ3n) is 3.49. The highest BCUT2D eigenvalue weighted by Crippen LogP contribution is 2.19. The number of nitrogens with two attached hydrogens (primary N) is 1. The van der Waals surface area contributed by atoms with E-state index in [0.717, 1.165) is 16.6 Å². The second-order valence-electron chi connectivity index (χ2n) is 5.16. The molecule has 102 valence electrons. The fraction of sp³-hybridized carbons (Fsp3) is 0.188. The van der Waals surface area contributed by atoms with Crippen molar-refractivity contribution >= 4 is 16.7 Å². The van der Waals surface area contributed by atoms with Crippen molar-refractivity contribution in [2.24, 2.45) is 0 Å². The Hall–Kier alpha value is -2.36. The molecule has 2 aromatic carbocycles. The molecule has 0 atom stereocenters. The molecule has 1 heterocycles. The van der Waals surface area contributed by atoms with Gasteiger partial charge in [0.2, 0.25) is 0 Å². The minimum Gasteiger partial charge on any atom is -0.399 e. The highest BCUT2D eigenvalue weighted by molar-refractivity contribution is 5.79. The Labute approximate surface area is 116 Å². The molecule has 0 saturated carbocycles. The number of anilines is 1. The predicted octanol–water partition coefficient (Wildman–Crippen LogP) is 3.42. The third kappa shape index (κ3) is 2.13. The Morgan fingerprint density at radius 3 is 2.55 bits per heavy atom. The molecular weight excluding hydrogens is 253 g/mol. The number of nitrogens with zero attached hydrogens (tertiary/aromatic N) is 2. The Balaban J connectivity index is 2.01. The van der Waals surface area contributed by atoms with E-state index in [1.54, 1.807) is 20.2 Å². The highest BCUT2D eigenvalue weighted by Gasteiger charge is 2.07. The van der Waals surface area contributed by atoms with E-state index in [4.69, 9.17) is 5.73 Å². The van der Waals surface area contributed by atoms with E-state index in [9.17, 15) is 4.39 Å². The van der Waals surface area contributed by atoms with Gasteiger partial charge in [0.25, 0.3) is 0 Å². The van der Waals surface area contributed by atoms with Crippen LogP contribution in [0, 0.1) is 19.7 Å². The van der Waals surface area contributed by atoms with E-state index >= 15 is 0 Å². The standard InChI is InChI=1S/C16H16FN3/c1-10-5-12(6-11(2)16(10)17)8-20-9-19-14-7-13(18)3-4-15(14)20/h3-7,9H,8,18H2,1-2H3. The summed E-state index contributed by atoms with van der Waals surface area (Å²) in [5.74, 6) is -0.128. The molecule has 0 aliphatic carbocycles. The molecule has 0 fully saturated rings. The van der Waals surface area contributed by atoms with Crippen LogP contribution in [0.5, 0.6) is 0 Å². The number of hydrogen-bond donors (Lipinski definition) is 1. The number of nitrogen functional groups attached to an aromatic ring is 1. The summed E-state index contributed by atoms with van der Waals surface area (Å²) in [5.41, 5.74) is 10.8. The topological polar surface area (TPSA) is 43.8 Å². The van der Waals surface area contributed by atoms with Crippen LogP contribution in [0.3, 0.4) is 0 Å². The number of rotatable bonds is 2. The lowest BCUT2D eigenvalue weighted by molar-refractivity contribution is 0.607. The van der Waals surface area contributed by atoms with Crippen LogP contribution in [0.4, 0.5) is 10.1 Å². The Morgan fingerprint density at radius 1 is 1.15 bits per heavy atom. The van der Waals surface area contributed by atoms with Gasteiger partial charge in [-0.25, -0.2) is 9.37 Å². The normalized spacial score (nSPS) is 11.2. The van der Waals surface area contributed by atoms with E-state index in [1.165, 1.54) is 0 Å². The Bertz CT molecular complexity index is 767. The van der Waals surface area contributed by atoms with Gasteiger partial charge in [0.05, 0.1) is 17.4 Å². The lowest BCUT2D eigenvalue weighted by atomic mass is 10.1. The van der Waals surface area contributed by atoms with Crippen molar-refractivity contribution in [3.63, 3.8) is 0 Å². The smallest absolute Gasteiger partial charge is 0.129 e. The average molecular weight is 269 g/mol. The lowest BCUT2D eigenvalue weighted by Crippen LogP contribution is -2.00. The molecule has 20 heavy (non-hydrogen) atoms. The van der Waals surface area contributed by atoms with Gasteiger partial charge in [-0.1, -0.05) is 12.1 Å². The molecule has 3 rings (SSSR count). The molecule has 0 spiro atoms. The van der Waals surface area contributed by atoms with Crippen molar-refractivity contribution in [1.29, 1.82) is 0 Å². The van der Waals surface area contributed by atoms with Gasteiger partial charge in [-0.3, -0.25) is 0 Å². The van der Waals surface area contributed by atoms with Crippen LogP contribution in [0.25, 0.3) is 11.0 Å². The molecular formula is C16H16FN3. The molecule has 1 aromatic heterocycles. The summed E-state index contributed by atoms with van der Waals surface area (Å²) in [7, 11) is 0. The van der Waals surface area contributed by atoms with E-state index in [-0.39, 0.29) is 5.82 Å². The summed E-state index contributed by atoms with van der Waals surface area (Å²) in [6, 6.07) is 9.44. The molecule has 0 unspecified atom stereocenters. The number of hydrogen-bond acceptors (Lipinski definition) is 2. The van der Waals surface area contributed by atoms with Crippen LogP contribution < -0.4 is 5.73 Å². The second-order valence-corrected chi connectivity index (χ2v) is 5.16. The van der Waals surface area contributed by atoms with Gasteiger partial charge in [0.15, 0.2) is 0 Å². The van der Waals surface area contributed by atoms with Crippen LogP contribution in [0.2, 0.25) is 0 Å². The largest absolute Gasteiger partial charge is 0.399 e. The van der Waals surface area contributed by atoms with Crippen LogP contribution in [-0.4, -0.2) is 9.55 Å². The number of aromatic nitrogens is 2. The molecule has 0 radical (unpaired) electrons. The van der Waals surface area contributed by atoms with Gasteiger partial charge in [-0.15, -0.1) is 0 Å². The van der Waals surface area contributed by atoms with Crippen LogP contribution in [0.15, 0.2) is 36.7 Å². The Kier molecular flexibility index (Phi) is 2.93. The van der Waals surface area contributed by atoms with Gasteiger partial charge >= 0.3 is 0 Å². The summed E-state index contributed by atoms with van der Waals surface area (Å²) in [5, 5.41) is 0. The van der Waals surface area contributed by atoms with Crippen molar-refractivity contribution in [3.8, 4) is 0 Å². The zero-order valence-electron chi connectivity index (χ0n) is 11.5. The number of imidazole rings is 1. The molecule has 2 N–H and O–H groups in total. The fourth-order valence-corrected chi connectivity index (χ4v) is 2.53. The monoisotopic (exact) mass is 269 g/mol. The fourth-order valence-electron chi connectivity index (χ4n) is 2.53. The van der Waals surface area contributed by atoms with Crippen molar-refractivity contribution in [3.05, 3.63) is 59.2 Å². The molecule has 0 aliphatic rings. The molecule has 0 amide bonds. The maximum atomic E-state index is 13.7. The minimum atomic E-state index is -0.128. The molecule has 3 nitrogen and oxygen atoms in total. The summed E-state index contributed by atoms with van der Waals surface area (Å²) >= 11 is 0. The third-order valence-corrected chi connectivity index (χ3v) is 3.49. The minimum absolute atomic E-state index is 0.128. The van der Waals surface area contributed by atoms with Gasteiger partial charge in [0, 0.05) is 12.2 Å². The van der Waals surface area contributed by atoms with E-state index < -0.39 is 0 Å². The molecule has 4 heteroatoms. The average Bonchev–Trinajstić information content (AvgIpc) is 2.78. The SMILES string of the molecule is Cc1cc(Cn2cnc3cc(N)ccc32)cc(C)c1F. The first kappa shape index (κ1) is 12.7. The number of halogens is 1. The van der Waals surface area contributed by atoms with Crippen LogP contribution >= 0.6 is 0 Å². The van der Waals surface area contributed by atoms with E-state index in [2.05, 4.69) is 4.98 Å². The lowest BCUT2D eigenvalue weighted by Gasteiger charge is -2.08. The van der Waals surface area contributed by atoms with Crippen molar-refractivity contribution in [2.45, 2.75) is 20.4 Å². The van der Waals surface area contributed by atoms with Crippen molar-refractivity contribution in [1.82, 2.24) is 9.55 Å². The molecule has 3 aromatic rings. The maximum absolute atomic E-state index is 13.7. The summed E-state index contributed by atoms with van der Waals surface area (Å²) < 4.78 is 15.7. The number of aryl methyl sites for hydroxylation is 2. The van der Waals surface area contributed by atoms with Gasteiger partial charge in [-0.05, 0) is 48.7 Å². The van der Waals surface area contributed by atoms with E-state index in [0.29, 0.717) is 23.4 Å². The Morgan fingerprint density at radius 2 is 1.85 bits per heavy atom. The van der Waals surface area contributed by atoms with Crippen LogP contribution in [0.1, 0.15) is 16.7 Å². The summed E-state index contributed by atoms with van der Waals surface area (Å²) in [4.78, 5) is 4.35. The highest BCUT2D eigenvalue weighted by atomic mass is 19.1. The van der Waals surface area contributed by atoms with Crippen molar-refractivity contribution in [2.75, 3.05) is 5.73 Å². The zero-order chi connectivity index (χ0) is 14.3. The molecule has 0 aliphatic heterocycles. The second kappa shape index (κ2) is 4.63. The first-order valence-corrected chi connectivity index (χ1v) is 6.50. The van der Waals surface area contributed by atoms with Crippen LogP contribution in [-0.2, 0) is 6.54 Å².